The largest absolute Gasteiger partial charge is 0.508 e. The Bertz CT molecular complexity index is 968. The minimum absolute atomic E-state index is 0.221. The van der Waals surface area contributed by atoms with Crippen LogP contribution in [0.25, 0.3) is 5.69 Å². The first-order valence-electron chi connectivity index (χ1n) is 8.79. The van der Waals surface area contributed by atoms with E-state index >= 15 is 0 Å². The maximum Gasteiger partial charge on any atom is 0.338 e. The first-order chi connectivity index (χ1) is 13.0. The van der Waals surface area contributed by atoms with Gasteiger partial charge in [0, 0.05) is 28.9 Å². The molecule has 0 bridgehead atoms. The minimum atomic E-state index is -0.313. The molecule has 5 heteroatoms. The van der Waals surface area contributed by atoms with Crippen LogP contribution in [0.5, 0.6) is 5.75 Å². The number of aromatic hydroxyl groups is 1. The molecule has 0 saturated carbocycles. The van der Waals surface area contributed by atoms with Gasteiger partial charge in [0.1, 0.15) is 5.75 Å². The average Bonchev–Trinajstić information content (AvgIpc) is 2.95. The van der Waals surface area contributed by atoms with Gasteiger partial charge in [-0.25, -0.2) is 4.79 Å². The quantitative estimate of drug-likeness (QED) is 0.527. The van der Waals surface area contributed by atoms with Crippen molar-refractivity contribution >= 4 is 17.9 Å². The van der Waals surface area contributed by atoms with Crippen LogP contribution in [0, 0.1) is 13.8 Å². The Balaban J connectivity index is 1.87. The van der Waals surface area contributed by atoms with Crippen LogP contribution in [0.1, 0.15) is 34.2 Å². The Kier molecular flexibility index (Phi) is 5.41. The van der Waals surface area contributed by atoms with Crippen molar-refractivity contribution in [3.63, 3.8) is 0 Å². The van der Waals surface area contributed by atoms with Gasteiger partial charge in [0.05, 0.1) is 17.9 Å². The van der Waals surface area contributed by atoms with Crippen LogP contribution >= 0.6 is 0 Å². The van der Waals surface area contributed by atoms with Crippen LogP contribution in [0.2, 0.25) is 0 Å². The highest BCUT2D eigenvalue weighted by atomic mass is 16.5. The standard InChI is InChI=1S/C22H22N2O3/c1-4-27-22(26)17-5-9-20(10-6-17)24-15(2)13-18(16(24)3)14-23-19-7-11-21(25)12-8-19/h5-14,25H,4H2,1-3H3. The molecular formula is C22H22N2O3. The molecule has 0 fully saturated rings. The van der Waals surface area contributed by atoms with Crippen LogP contribution in [-0.2, 0) is 4.74 Å². The lowest BCUT2D eigenvalue weighted by atomic mass is 10.2. The first kappa shape index (κ1) is 18.5. The molecule has 27 heavy (non-hydrogen) atoms. The Morgan fingerprint density at radius 3 is 2.41 bits per heavy atom. The second-order valence-corrected chi connectivity index (χ2v) is 6.20. The van der Waals surface area contributed by atoms with Crippen molar-refractivity contribution in [2.75, 3.05) is 6.61 Å². The zero-order valence-corrected chi connectivity index (χ0v) is 15.6. The third-order valence-corrected chi connectivity index (χ3v) is 4.31. The highest BCUT2D eigenvalue weighted by Crippen LogP contribution is 2.22. The van der Waals surface area contributed by atoms with E-state index in [1.165, 1.54) is 0 Å². The molecule has 0 atom stereocenters. The van der Waals surface area contributed by atoms with Crippen LogP contribution in [0.15, 0.2) is 59.6 Å². The van der Waals surface area contributed by atoms with E-state index in [0.717, 1.165) is 28.3 Å². The molecule has 0 aliphatic carbocycles. The summed E-state index contributed by atoms with van der Waals surface area (Å²) in [5, 5.41) is 9.35. The molecule has 5 nitrogen and oxygen atoms in total. The predicted molar refractivity (Wildman–Crippen MR) is 107 cm³/mol. The van der Waals surface area contributed by atoms with Gasteiger partial charge < -0.3 is 14.4 Å². The summed E-state index contributed by atoms with van der Waals surface area (Å²) < 4.78 is 7.15. The van der Waals surface area contributed by atoms with Gasteiger partial charge in [-0.1, -0.05) is 0 Å². The Labute approximate surface area is 158 Å². The van der Waals surface area contributed by atoms with Crippen LogP contribution in [-0.4, -0.2) is 28.5 Å². The molecule has 0 aliphatic heterocycles. The second kappa shape index (κ2) is 7.91. The van der Waals surface area contributed by atoms with Gasteiger partial charge >= 0.3 is 5.97 Å². The number of nitrogens with zero attached hydrogens (tertiary/aromatic N) is 2. The van der Waals surface area contributed by atoms with E-state index in [1.807, 2.05) is 32.2 Å². The fourth-order valence-corrected chi connectivity index (χ4v) is 2.96. The molecule has 138 valence electrons. The molecule has 0 aliphatic rings. The summed E-state index contributed by atoms with van der Waals surface area (Å²) in [6.45, 7) is 6.22. The van der Waals surface area contributed by atoms with Gasteiger partial charge in [-0.15, -0.1) is 0 Å². The molecule has 0 unspecified atom stereocenters. The summed E-state index contributed by atoms with van der Waals surface area (Å²) in [4.78, 5) is 16.3. The SMILES string of the molecule is CCOC(=O)c1ccc(-n2c(C)cc(C=Nc3ccc(O)cc3)c2C)cc1. The Morgan fingerprint density at radius 1 is 1.11 bits per heavy atom. The predicted octanol–water partition coefficient (Wildman–Crippen LogP) is 4.73. The smallest absolute Gasteiger partial charge is 0.338 e. The molecule has 1 heterocycles. The second-order valence-electron chi connectivity index (χ2n) is 6.20. The van der Waals surface area contributed by atoms with Crippen molar-refractivity contribution in [3.05, 3.63) is 77.1 Å². The van der Waals surface area contributed by atoms with Gasteiger partial charge in [0.2, 0.25) is 0 Å². The fourth-order valence-electron chi connectivity index (χ4n) is 2.96. The van der Waals surface area contributed by atoms with Gasteiger partial charge in [-0.05, 0) is 75.4 Å². The molecular weight excluding hydrogens is 340 g/mol. The van der Waals surface area contributed by atoms with Crippen molar-refractivity contribution in [1.29, 1.82) is 0 Å². The average molecular weight is 362 g/mol. The van der Waals surface area contributed by atoms with Crippen molar-refractivity contribution in [1.82, 2.24) is 4.57 Å². The van der Waals surface area contributed by atoms with Crippen molar-refractivity contribution in [2.45, 2.75) is 20.8 Å². The van der Waals surface area contributed by atoms with Crippen LogP contribution in [0.4, 0.5) is 5.69 Å². The van der Waals surface area contributed by atoms with E-state index in [9.17, 15) is 9.90 Å². The number of aliphatic imine (C=N–C) groups is 1. The number of carbonyl (C=O) groups excluding carboxylic acids is 1. The summed E-state index contributed by atoms with van der Waals surface area (Å²) in [6.07, 6.45) is 1.82. The van der Waals surface area contributed by atoms with Gasteiger partial charge in [-0.3, -0.25) is 4.99 Å². The maximum absolute atomic E-state index is 11.8. The number of aryl methyl sites for hydroxylation is 1. The van der Waals surface area contributed by atoms with E-state index in [2.05, 4.69) is 15.6 Å². The highest BCUT2D eigenvalue weighted by molar-refractivity contribution is 5.89. The molecule has 0 saturated heterocycles. The van der Waals surface area contributed by atoms with E-state index in [1.54, 1.807) is 43.3 Å². The number of phenols is 1. The molecule has 0 radical (unpaired) electrons. The van der Waals surface area contributed by atoms with Crippen LogP contribution < -0.4 is 0 Å². The van der Waals surface area contributed by atoms with Crippen molar-refractivity contribution in [3.8, 4) is 11.4 Å². The summed E-state index contributed by atoms with van der Waals surface area (Å²) in [5.74, 6) is -0.0925. The van der Waals surface area contributed by atoms with Crippen LogP contribution in [0.3, 0.4) is 0 Å². The first-order valence-corrected chi connectivity index (χ1v) is 8.79. The molecule has 3 aromatic rings. The van der Waals surface area contributed by atoms with Crippen molar-refractivity contribution < 1.29 is 14.6 Å². The Morgan fingerprint density at radius 2 is 1.78 bits per heavy atom. The number of hydrogen-bond donors (Lipinski definition) is 1. The summed E-state index contributed by atoms with van der Waals surface area (Å²) in [5.41, 5.74) is 5.42. The van der Waals surface area contributed by atoms with Gasteiger partial charge in [0.15, 0.2) is 0 Å². The zero-order valence-electron chi connectivity index (χ0n) is 15.6. The lowest BCUT2D eigenvalue weighted by Gasteiger charge is -2.10. The number of benzene rings is 2. The lowest BCUT2D eigenvalue weighted by molar-refractivity contribution is 0.0526. The number of esters is 1. The number of hydrogen-bond acceptors (Lipinski definition) is 4. The van der Waals surface area contributed by atoms with E-state index in [-0.39, 0.29) is 11.7 Å². The Hall–Kier alpha value is -3.34. The normalized spacial score (nSPS) is 11.1. The zero-order chi connectivity index (χ0) is 19.4. The third-order valence-electron chi connectivity index (χ3n) is 4.31. The summed E-state index contributed by atoms with van der Waals surface area (Å²) in [7, 11) is 0. The molecule has 1 aromatic heterocycles. The van der Waals surface area contributed by atoms with Gasteiger partial charge in [0.25, 0.3) is 0 Å². The topological polar surface area (TPSA) is 63.8 Å². The van der Waals surface area contributed by atoms with Gasteiger partial charge in [-0.2, -0.15) is 0 Å². The molecule has 0 spiro atoms. The van der Waals surface area contributed by atoms with E-state index in [0.29, 0.717) is 12.2 Å². The molecule has 2 aromatic carbocycles. The fraction of sp³-hybridized carbons (Fsp3) is 0.182. The number of rotatable bonds is 5. The number of ether oxygens (including phenoxy) is 1. The van der Waals surface area contributed by atoms with E-state index in [4.69, 9.17) is 4.74 Å². The highest BCUT2D eigenvalue weighted by Gasteiger charge is 2.11. The van der Waals surface area contributed by atoms with Crippen molar-refractivity contribution in [2.24, 2.45) is 4.99 Å². The lowest BCUT2D eigenvalue weighted by Crippen LogP contribution is -2.05. The number of phenolic OH excluding ortho intramolecular Hbond substituents is 1. The number of carbonyl (C=O) groups is 1. The molecule has 1 N–H and O–H groups in total. The summed E-state index contributed by atoms with van der Waals surface area (Å²) >= 11 is 0. The maximum atomic E-state index is 11.8. The van der Waals surface area contributed by atoms with E-state index < -0.39 is 0 Å². The third kappa shape index (κ3) is 4.08. The molecule has 0 amide bonds. The molecule has 3 rings (SSSR count). The minimum Gasteiger partial charge on any atom is -0.508 e. The number of aromatic nitrogens is 1. The summed E-state index contributed by atoms with van der Waals surface area (Å²) in [6, 6.07) is 16.2. The monoisotopic (exact) mass is 362 g/mol.